The summed E-state index contributed by atoms with van der Waals surface area (Å²) >= 11 is 3.36. The second-order valence-electron chi connectivity index (χ2n) is 4.21. The Balaban J connectivity index is 2.23. The minimum absolute atomic E-state index is 0.226. The molecule has 1 aliphatic carbocycles. The van der Waals surface area contributed by atoms with Gasteiger partial charge in [0.25, 0.3) is 0 Å². The van der Waals surface area contributed by atoms with Gasteiger partial charge in [-0.05, 0) is 43.4 Å². The van der Waals surface area contributed by atoms with Crippen molar-refractivity contribution in [2.45, 2.75) is 31.9 Å². The first-order valence-electron chi connectivity index (χ1n) is 5.05. The van der Waals surface area contributed by atoms with Crippen LogP contribution in [0.25, 0.3) is 0 Å². The van der Waals surface area contributed by atoms with E-state index in [2.05, 4.69) is 15.9 Å². The summed E-state index contributed by atoms with van der Waals surface area (Å²) in [7, 11) is 0. The SMILES string of the molecule is CC(F)(c1ccc(Br)cc1)C1CCC1. The Kier molecular flexibility index (Phi) is 2.65. The Morgan fingerprint density at radius 1 is 1.29 bits per heavy atom. The van der Waals surface area contributed by atoms with Crippen LogP contribution < -0.4 is 0 Å². The second-order valence-corrected chi connectivity index (χ2v) is 5.13. The van der Waals surface area contributed by atoms with Gasteiger partial charge < -0.3 is 0 Å². The summed E-state index contributed by atoms with van der Waals surface area (Å²) in [6.07, 6.45) is 3.24. The van der Waals surface area contributed by atoms with Crippen LogP contribution in [-0.4, -0.2) is 0 Å². The van der Waals surface area contributed by atoms with Crippen LogP contribution in [0.4, 0.5) is 4.39 Å². The van der Waals surface area contributed by atoms with Crippen molar-refractivity contribution in [3.8, 4) is 0 Å². The van der Waals surface area contributed by atoms with Crippen LogP contribution in [0.1, 0.15) is 31.7 Å². The molecular formula is C12H14BrF. The summed E-state index contributed by atoms with van der Waals surface area (Å²) in [6.45, 7) is 1.71. The van der Waals surface area contributed by atoms with Crippen LogP contribution in [0, 0.1) is 5.92 Å². The highest BCUT2D eigenvalue weighted by atomic mass is 79.9. The molecule has 0 radical (unpaired) electrons. The largest absolute Gasteiger partial charge is 0.239 e. The highest BCUT2D eigenvalue weighted by Crippen LogP contribution is 2.45. The summed E-state index contributed by atoms with van der Waals surface area (Å²) in [5.74, 6) is 0.226. The summed E-state index contributed by atoms with van der Waals surface area (Å²) in [5.41, 5.74) is -0.329. The van der Waals surface area contributed by atoms with E-state index in [4.69, 9.17) is 0 Å². The average Bonchev–Trinajstić information content (AvgIpc) is 2.00. The Labute approximate surface area is 92.6 Å². The van der Waals surface area contributed by atoms with E-state index >= 15 is 0 Å². The van der Waals surface area contributed by atoms with Gasteiger partial charge in [-0.3, -0.25) is 0 Å². The van der Waals surface area contributed by atoms with Crippen LogP contribution in [-0.2, 0) is 5.67 Å². The third-order valence-electron chi connectivity index (χ3n) is 3.28. The van der Waals surface area contributed by atoms with Crippen molar-refractivity contribution < 1.29 is 4.39 Å². The molecule has 0 heterocycles. The number of benzene rings is 1. The highest BCUT2D eigenvalue weighted by Gasteiger charge is 2.39. The predicted octanol–water partition coefficient (Wildman–Crippen LogP) is 4.43. The normalized spacial score (nSPS) is 21.4. The molecule has 1 aliphatic rings. The molecule has 0 aliphatic heterocycles. The molecule has 1 atom stereocenters. The lowest BCUT2D eigenvalue weighted by molar-refractivity contribution is 0.0463. The van der Waals surface area contributed by atoms with Crippen LogP contribution in [0.2, 0.25) is 0 Å². The maximum absolute atomic E-state index is 14.4. The minimum Gasteiger partial charge on any atom is -0.239 e. The van der Waals surface area contributed by atoms with Gasteiger partial charge >= 0.3 is 0 Å². The molecule has 14 heavy (non-hydrogen) atoms. The number of hydrogen-bond acceptors (Lipinski definition) is 0. The molecule has 0 nitrogen and oxygen atoms in total. The van der Waals surface area contributed by atoms with E-state index in [1.165, 1.54) is 6.42 Å². The van der Waals surface area contributed by atoms with Crippen molar-refractivity contribution in [1.82, 2.24) is 0 Å². The molecule has 2 rings (SSSR count). The van der Waals surface area contributed by atoms with Gasteiger partial charge in [0.2, 0.25) is 0 Å². The van der Waals surface area contributed by atoms with E-state index < -0.39 is 5.67 Å². The fraction of sp³-hybridized carbons (Fsp3) is 0.500. The van der Waals surface area contributed by atoms with Gasteiger partial charge in [-0.25, -0.2) is 4.39 Å². The van der Waals surface area contributed by atoms with E-state index in [9.17, 15) is 4.39 Å². The first kappa shape index (κ1) is 10.2. The Morgan fingerprint density at radius 3 is 2.29 bits per heavy atom. The number of alkyl halides is 1. The zero-order chi connectivity index (χ0) is 10.2. The summed E-state index contributed by atoms with van der Waals surface area (Å²) in [4.78, 5) is 0. The van der Waals surface area contributed by atoms with Gasteiger partial charge in [-0.1, -0.05) is 34.5 Å². The minimum atomic E-state index is -1.14. The zero-order valence-corrected chi connectivity index (χ0v) is 9.85. The van der Waals surface area contributed by atoms with Crippen molar-refractivity contribution in [3.05, 3.63) is 34.3 Å². The average molecular weight is 257 g/mol. The molecule has 0 saturated heterocycles. The first-order valence-corrected chi connectivity index (χ1v) is 5.85. The molecule has 2 heteroatoms. The molecule has 1 unspecified atom stereocenters. The van der Waals surface area contributed by atoms with Crippen molar-refractivity contribution in [2.24, 2.45) is 5.92 Å². The van der Waals surface area contributed by atoms with Crippen LogP contribution in [0.15, 0.2) is 28.7 Å². The lowest BCUT2D eigenvalue weighted by Gasteiger charge is -2.37. The van der Waals surface area contributed by atoms with Crippen LogP contribution >= 0.6 is 15.9 Å². The van der Waals surface area contributed by atoms with E-state index in [1.54, 1.807) is 6.92 Å². The topological polar surface area (TPSA) is 0 Å². The molecule has 0 bridgehead atoms. The van der Waals surface area contributed by atoms with Crippen LogP contribution in [0.3, 0.4) is 0 Å². The maximum atomic E-state index is 14.4. The molecular weight excluding hydrogens is 243 g/mol. The second kappa shape index (κ2) is 3.65. The number of hydrogen-bond donors (Lipinski definition) is 0. The smallest absolute Gasteiger partial charge is 0.136 e. The highest BCUT2D eigenvalue weighted by molar-refractivity contribution is 9.10. The van der Waals surface area contributed by atoms with Gasteiger partial charge in [0, 0.05) is 4.47 Å². The van der Waals surface area contributed by atoms with Crippen LogP contribution in [0.5, 0.6) is 0 Å². The Bertz CT molecular complexity index is 312. The maximum Gasteiger partial charge on any atom is 0.136 e. The molecule has 76 valence electrons. The summed E-state index contributed by atoms with van der Waals surface area (Å²) in [6, 6.07) is 7.57. The molecule has 1 aromatic rings. The fourth-order valence-corrected chi connectivity index (χ4v) is 2.23. The Morgan fingerprint density at radius 2 is 1.86 bits per heavy atom. The molecule has 0 spiro atoms. The van der Waals surface area contributed by atoms with E-state index in [1.807, 2.05) is 24.3 Å². The van der Waals surface area contributed by atoms with Gasteiger partial charge in [0.1, 0.15) is 5.67 Å². The molecule has 0 aromatic heterocycles. The number of halogens is 2. The molecule has 0 N–H and O–H groups in total. The third kappa shape index (κ3) is 1.72. The first-order chi connectivity index (χ1) is 6.60. The summed E-state index contributed by atoms with van der Waals surface area (Å²) in [5, 5.41) is 0. The van der Waals surface area contributed by atoms with Crippen molar-refractivity contribution >= 4 is 15.9 Å². The quantitative estimate of drug-likeness (QED) is 0.735. The van der Waals surface area contributed by atoms with Gasteiger partial charge in [-0.2, -0.15) is 0 Å². The molecule has 0 amide bonds. The van der Waals surface area contributed by atoms with E-state index in [-0.39, 0.29) is 5.92 Å². The van der Waals surface area contributed by atoms with Gasteiger partial charge in [0.05, 0.1) is 0 Å². The van der Waals surface area contributed by atoms with E-state index in [0.29, 0.717) is 0 Å². The van der Waals surface area contributed by atoms with E-state index in [0.717, 1.165) is 22.9 Å². The lowest BCUT2D eigenvalue weighted by atomic mass is 9.72. The number of rotatable bonds is 2. The standard InChI is InChI=1S/C12H14BrF/c1-12(14,9-3-2-4-9)10-5-7-11(13)8-6-10/h5-9H,2-4H2,1H3. The monoisotopic (exact) mass is 256 g/mol. The molecule has 1 fully saturated rings. The van der Waals surface area contributed by atoms with Crippen molar-refractivity contribution in [1.29, 1.82) is 0 Å². The zero-order valence-electron chi connectivity index (χ0n) is 8.26. The third-order valence-corrected chi connectivity index (χ3v) is 3.81. The Hall–Kier alpha value is -0.370. The fourth-order valence-electron chi connectivity index (χ4n) is 1.96. The predicted molar refractivity (Wildman–Crippen MR) is 59.9 cm³/mol. The van der Waals surface area contributed by atoms with Crippen molar-refractivity contribution in [2.75, 3.05) is 0 Å². The van der Waals surface area contributed by atoms with Crippen molar-refractivity contribution in [3.63, 3.8) is 0 Å². The van der Waals surface area contributed by atoms with Gasteiger partial charge in [-0.15, -0.1) is 0 Å². The lowest BCUT2D eigenvalue weighted by Crippen LogP contribution is -2.32. The van der Waals surface area contributed by atoms with Gasteiger partial charge in [0.15, 0.2) is 0 Å². The molecule has 1 saturated carbocycles. The molecule has 1 aromatic carbocycles. The summed E-state index contributed by atoms with van der Waals surface area (Å²) < 4.78 is 15.4.